The van der Waals surface area contributed by atoms with Crippen molar-refractivity contribution in [2.24, 2.45) is 5.41 Å². The van der Waals surface area contributed by atoms with E-state index in [0.717, 1.165) is 0 Å². The van der Waals surface area contributed by atoms with Gasteiger partial charge in [0.05, 0.1) is 0 Å². The summed E-state index contributed by atoms with van der Waals surface area (Å²) in [5.41, 5.74) is 0.329. The van der Waals surface area contributed by atoms with Gasteiger partial charge in [0.25, 0.3) is 0 Å². The third kappa shape index (κ3) is 3.57. The summed E-state index contributed by atoms with van der Waals surface area (Å²) in [6, 6.07) is 0.535. The highest BCUT2D eigenvalue weighted by Gasteiger charge is 2.23. The van der Waals surface area contributed by atoms with E-state index < -0.39 is 0 Å². The molecule has 0 fully saturated rings. The molecule has 0 amide bonds. The van der Waals surface area contributed by atoms with E-state index in [4.69, 9.17) is 0 Å². The maximum Gasteiger partial charge on any atom is 0.0320 e. The van der Waals surface area contributed by atoms with Crippen LogP contribution in [0, 0.1) is 5.41 Å². The van der Waals surface area contributed by atoms with E-state index in [-0.39, 0.29) is 0 Å². The second kappa shape index (κ2) is 3.91. The Morgan fingerprint density at radius 2 is 1.64 bits per heavy atom. The second-order valence-electron chi connectivity index (χ2n) is 4.30. The lowest BCUT2D eigenvalue weighted by Crippen LogP contribution is -2.37. The average molecular weight is 155 g/mol. The smallest absolute Gasteiger partial charge is 0.0320 e. The van der Waals surface area contributed by atoms with E-state index in [1.54, 1.807) is 0 Å². The van der Waals surface area contributed by atoms with Gasteiger partial charge >= 0.3 is 0 Å². The maximum absolute atomic E-state index is 2.26. The fourth-order valence-corrected chi connectivity index (χ4v) is 1.42. The van der Waals surface area contributed by atoms with Crippen molar-refractivity contribution in [2.45, 2.75) is 33.7 Å². The van der Waals surface area contributed by atoms with Gasteiger partial charge in [0.1, 0.15) is 0 Å². The van der Waals surface area contributed by atoms with Gasteiger partial charge in [0.15, 0.2) is 0 Å². The Balaban J connectivity index is 4.35. The Kier molecular flexibility index (Phi) is 3.81. The first-order chi connectivity index (χ1) is 4.89. The molecule has 0 aromatic carbocycles. The van der Waals surface area contributed by atoms with E-state index in [0.29, 0.717) is 11.5 Å². The van der Waals surface area contributed by atoms with Gasteiger partial charge in [-0.3, -0.25) is 0 Å². The van der Waals surface area contributed by atoms with Gasteiger partial charge in [-0.05, 0) is 26.4 Å². The van der Waals surface area contributed by atoms with Crippen molar-refractivity contribution in [3.63, 3.8) is 0 Å². The number of rotatable bonds is 2. The minimum atomic E-state index is 0.329. The molecular formula is C10H21N. The quantitative estimate of drug-likeness (QED) is 0.554. The molecule has 0 N–H and O–H groups in total. The van der Waals surface area contributed by atoms with Gasteiger partial charge in [-0.1, -0.05) is 32.9 Å². The first kappa shape index (κ1) is 10.7. The van der Waals surface area contributed by atoms with Crippen LogP contribution in [0.15, 0.2) is 12.2 Å². The Labute approximate surface area is 71.1 Å². The van der Waals surface area contributed by atoms with Gasteiger partial charge in [0.2, 0.25) is 0 Å². The van der Waals surface area contributed by atoms with E-state index in [1.807, 2.05) is 0 Å². The fraction of sp³-hybridized carbons (Fsp3) is 0.800. The highest BCUT2D eigenvalue weighted by atomic mass is 15.1. The first-order valence-electron chi connectivity index (χ1n) is 4.19. The van der Waals surface area contributed by atoms with Crippen molar-refractivity contribution < 1.29 is 0 Å². The lowest BCUT2D eigenvalue weighted by molar-refractivity contribution is 0.195. The molecule has 0 aromatic rings. The Morgan fingerprint density at radius 3 is 1.73 bits per heavy atom. The van der Waals surface area contributed by atoms with Crippen LogP contribution in [-0.4, -0.2) is 25.0 Å². The van der Waals surface area contributed by atoms with E-state index >= 15 is 0 Å². The summed E-state index contributed by atoms with van der Waals surface area (Å²) >= 11 is 0. The van der Waals surface area contributed by atoms with Crippen LogP contribution in [0.5, 0.6) is 0 Å². The van der Waals surface area contributed by atoms with Crippen LogP contribution in [0.3, 0.4) is 0 Å². The van der Waals surface area contributed by atoms with Crippen LogP contribution in [0.2, 0.25) is 0 Å². The van der Waals surface area contributed by atoms with Crippen molar-refractivity contribution in [1.29, 1.82) is 0 Å². The lowest BCUT2D eigenvalue weighted by atomic mass is 9.86. The molecule has 11 heavy (non-hydrogen) atoms. The maximum atomic E-state index is 2.26. The molecule has 1 heteroatoms. The third-order valence-corrected chi connectivity index (χ3v) is 1.82. The molecule has 66 valence electrons. The number of nitrogens with zero attached hydrogens (tertiary/aromatic N) is 1. The predicted octanol–water partition coefficient (Wildman–Crippen LogP) is 2.54. The fourth-order valence-electron chi connectivity index (χ4n) is 1.42. The van der Waals surface area contributed by atoms with E-state index in [1.165, 1.54) is 0 Å². The molecule has 0 saturated heterocycles. The zero-order valence-electron chi connectivity index (χ0n) is 8.68. The van der Waals surface area contributed by atoms with Gasteiger partial charge in [-0.25, -0.2) is 0 Å². The molecule has 0 rings (SSSR count). The molecule has 1 nitrogen and oxygen atoms in total. The molecule has 1 atom stereocenters. The molecule has 0 spiro atoms. The minimum Gasteiger partial charge on any atom is -0.302 e. The topological polar surface area (TPSA) is 3.24 Å². The highest BCUT2D eigenvalue weighted by molar-refractivity contribution is 4.97. The predicted molar refractivity (Wildman–Crippen MR) is 51.7 cm³/mol. The summed E-state index contributed by atoms with van der Waals surface area (Å²) in [6.45, 7) is 8.86. The molecule has 0 bridgehead atoms. The summed E-state index contributed by atoms with van der Waals surface area (Å²) in [5, 5.41) is 0. The van der Waals surface area contributed by atoms with Crippen LogP contribution in [0.1, 0.15) is 27.7 Å². The molecule has 0 aliphatic rings. The molecule has 0 aliphatic heterocycles. The molecule has 0 aromatic heterocycles. The van der Waals surface area contributed by atoms with Gasteiger partial charge in [-0.2, -0.15) is 0 Å². The van der Waals surface area contributed by atoms with E-state index in [9.17, 15) is 0 Å². The number of allylic oxidation sites excluding steroid dienone is 1. The minimum absolute atomic E-state index is 0.329. The molecule has 0 heterocycles. The number of hydrogen-bond donors (Lipinski definition) is 0. The molecule has 0 aliphatic carbocycles. The molecular weight excluding hydrogens is 134 g/mol. The Morgan fingerprint density at radius 1 is 1.18 bits per heavy atom. The monoisotopic (exact) mass is 155 g/mol. The summed E-state index contributed by atoms with van der Waals surface area (Å²) in [5.74, 6) is 0. The average Bonchev–Trinajstić information content (AvgIpc) is 1.79. The molecule has 0 saturated carbocycles. The van der Waals surface area contributed by atoms with Crippen molar-refractivity contribution in [1.82, 2.24) is 4.90 Å². The summed E-state index contributed by atoms with van der Waals surface area (Å²) < 4.78 is 0. The highest BCUT2D eigenvalue weighted by Crippen LogP contribution is 2.23. The third-order valence-electron chi connectivity index (χ3n) is 1.82. The lowest BCUT2D eigenvalue weighted by Gasteiger charge is -2.33. The van der Waals surface area contributed by atoms with Gasteiger partial charge in [-0.15, -0.1) is 0 Å². The number of likely N-dealkylation sites (N-methyl/N-ethyl adjacent to an activating group) is 1. The summed E-state index contributed by atoms with van der Waals surface area (Å²) in [7, 11) is 4.24. The number of hydrogen-bond acceptors (Lipinski definition) is 1. The zero-order valence-corrected chi connectivity index (χ0v) is 8.68. The first-order valence-corrected chi connectivity index (χ1v) is 4.19. The van der Waals surface area contributed by atoms with Crippen molar-refractivity contribution in [3.8, 4) is 0 Å². The largest absolute Gasteiger partial charge is 0.302 e. The van der Waals surface area contributed by atoms with Crippen LogP contribution in [-0.2, 0) is 0 Å². The van der Waals surface area contributed by atoms with Crippen LogP contribution in [0.4, 0.5) is 0 Å². The van der Waals surface area contributed by atoms with Crippen molar-refractivity contribution in [2.75, 3.05) is 14.1 Å². The van der Waals surface area contributed by atoms with Crippen LogP contribution in [0.25, 0.3) is 0 Å². The van der Waals surface area contributed by atoms with Crippen LogP contribution < -0.4 is 0 Å². The zero-order chi connectivity index (χ0) is 9.07. The van der Waals surface area contributed by atoms with Gasteiger partial charge < -0.3 is 4.90 Å². The van der Waals surface area contributed by atoms with Crippen molar-refractivity contribution >= 4 is 0 Å². The molecule has 0 radical (unpaired) electrons. The van der Waals surface area contributed by atoms with E-state index in [2.05, 4.69) is 58.8 Å². The normalized spacial score (nSPS) is 16.3. The van der Waals surface area contributed by atoms with Crippen molar-refractivity contribution in [3.05, 3.63) is 12.2 Å². The molecule has 1 unspecified atom stereocenters. The van der Waals surface area contributed by atoms with Gasteiger partial charge in [0, 0.05) is 6.04 Å². The van der Waals surface area contributed by atoms with Crippen LogP contribution >= 0.6 is 0 Å². The SMILES string of the molecule is C/C=C\C(N(C)C)C(C)(C)C. The summed E-state index contributed by atoms with van der Waals surface area (Å²) in [4.78, 5) is 2.25. The second-order valence-corrected chi connectivity index (χ2v) is 4.30. The Hall–Kier alpha value is -0.300. The summed E-state index contributed by atoms with van der Waals surface area (Å²) in [6.07, 6.45) is 4.37. The standard InChI is InChI=1S/C10H21N/c1-7-8-9(11(5)6)10(2,3)4/h7-9H,1-6H3/b8-7-. The Bertz CT molecular complexity index is 128.